The summed E-state index contributed by atoms with van der Waals surface area (Å²) in [5, 5.41) is 0. The molecular formula is C24H15F3IrN4-2. The van der Waals surface area contributed by atoms with E-state index in [1.165, 1.54) is 12.1 Å². The summed E-state index contributed by atoms with van der Waals surface area (Å²) < 4.78 is 40.6. The van der Waals surface area contributed by atoms with Crippen molar-refractivity contribution in [3.8, 4) is 11.1 Å². The van der Waals surface area contributed by atoms with Crippen LogP contribution >= 0.6 is 0 Å². The molecular weight excluding hydrogens is 594 g/mol. The first-order valence-electron chi connectivity index (χ1n) is 9.50. The maximum absolute atomic E-state index is 13.5. The summed E-state index contributed by atoms with van der Waals surface area (Å²) in [5.41, 5.74) is 1.34. The topological polar surface area (TPSA) is 32.3 Å². The molecule has 0 atom stereocenters. The molecule has 5 rings (SSSR count). The smallest absolute Gasteiger partial charge is 0.416 e. The summed E-state index contributed by atoms with van der Waals surface area (Å²) in [6.07, 6.45) is -1.26. The van der Waals surface area contributed by atoms with Gasteiger partial charge in [0.05, 0.1) is 5.56 Å². The quantitative estimate of drug-likeness (QED) is 0.253. The molecule has 0 spiro atoms. The van der Waals surface area contributed by atoms with Crippen LogP contribution in [0, 0.1) is 12.7 Å². The molecule has 3 aromatic carbocycles. The van der Waals surface area contributed by atoms with Gasteiger partial charge in [0.25, 0.3) is 0 Å². The molecule has 1 radical (unpaired) electrons. The molecule has 8 heteroatoms. The Labute approximate surface area is 196 Å². The molecule has 0 aliphatic carbocycles. The maximum Gasteiger partial charge on any atom is 0.416 e. The molecule has 4 aromatic rings. The SMILES string of the molecule is FC(F)(F)c1ccccc1-c1cc[c-]c(N2[CH-]N(c3ccccc3)c3nccnc32)c1.[Ir]. The summed E-state index contributed by atoms with van der Waals surface area (Å²) in [6, 6.07) is 23.2. The minimum atomic E-state index is -4.45. The predicted molar refractivity (Wildman–Crippen MR) is 113 cm³/mol. The van der Waals surface area contributed by atoms with Crippen LogP contribution in [0.2, 0.25) is 0 Å². The van der Waals surface area contributed by atoms with Crippen molar-refractivity contribution in [3.63, 3.8) is 0 Å². The van der Waals surface area contributed by atoms with Gasteiger partial charge < -0.3 is 9.80 Å². The van der Waals surface area contributed by atoms with Crippen LogP contribution in [0.1, 0.15) is 5.56 Å². The van der Waals surface area contributed by atoms with Gasteiger partial charge in [-0.25, -0.2) is 9.97 Å². The molecule has 1 aromatic heterocycles. The van der Waals surface area contributed by atoms with Crippen LogP contribution in [0.3, 0.4) is 0 Å². The molecule has 0 saturated heterocycles. The fourth-order valence-electron chi connectivity index (χ4n) is 3.58. The van der Waals surface area contributed by atoms with E-state index in [0.29, 0.717) is 22.9 Å². The minimum absolute atomic E-state index is 0. The van der Waals surface area contributed by atoms with Crippen LogP contribution in [0.25, 0.3) is 11.1 Å². The van der Waals surface area contributed by atoms with Crippen LogP contribution in [0.4, 0.5) is 36.2 Å². The molecule has 163 valence electrons. The van der Waals surface area contributed by atoms with Gasteiger partial charge in [-0.15, -0.1) is 24.0 Å². The Hall–Kier alpha value is -3.22. The Bertz CT molecular complexity index is 1230. The second kappa shape index (κ2) is 8.73. The molecule has 32 heavy (non-hydrogen) atoms. The summed E-state index contributed by atoms with van der Waals surface area (Å²) in [6.45, 7) is 1.81. The van der Waals surface area contributed by atoms with Crippen molar-refractivity contribution in [2.45, 2.75) is 6.18 Å². The number of hydrogen-bond acceptors (Lipinski definition) is 4. The molecule has 0 saturated carbocycles. The van der Waals surface area contributed by atoms with E-state index >= 15 is 0 Å². The van der Waals surface area contributed by atoms with Gasteiger partial charge in [-0.2, -0.15) is 31.4 Å². The number of aromatic nitrogens is 2. The number of benzene rings is 3. The number of para-hydroxylation sites is 1. The Balaban J connectivity index is 0.00000245. The van der Waals surface area contributed by atoms with Crippen LogP contribution in [-0.4, -0.2) is 9.97 Å². The number of anilines is 4. The first kappa shape index (κ1) is 22.0. The number of halogens is 3. The van der Waals surface area contributed by atoms with E-state index in [9.17, 15) is 13.2 Å². The normalized spacial score (nSPS) is 13.0. The standard InChI is InChI=1S/C24H15F3N4.Ir/c25-24(26,27)21-12-5-4-11-20(21)17-7-6-10-19(15-17)31-16-30(18-8-2-1-3-9-18)22-23(31)29-14-13-28-22;/h1-9,11-16H;/q-2;. The van der Waals surface area contributed by atoms with Gasteiger partial charge in [-0.05, 0) is 23.8 Å². The third-order valence-electron chi connectivity index (χ3n) is 4.97. The van der Waals surface area contributed by atoms with Crippen molar-refractivity contribution in [2.75, 3.05) is 9.80 Å². The van der Waals surface area contributed by atoms with Crippen LogP contribution in [0.5, 0.6) is 0 Å². The molecule has 0 fully saturated rings. The van der Waals surface area contributed by atoms with Crippen molar-refractivity contribution in [3.05, 3.63) is 103 Å². The van der Waals surface area contributed by atoms with Gasteiger partial charge in [0.15, 0.2) is 0 Å². The molecule has 4 nitrogen and oxygen atoms in total. The zero-order chi connectivity index (χ0) is 21.4. The number of alkyl halides is 3. The van der Waals surface area contributed by atoms with Gasteiger partial charge >= 0.3 is 6.18 Å². The molecule has 0 N–H and O–H groups in total. The Kier molecular flexibility index (Phi) is 6.00. The van der Waals surface area contributed by atoms with Gasteiger partial charge in [-0.1, -0.05) is 36.4 Å². The van der Waals surface area contributed by atoms with Crippen LogP contribution in [-0.2, 0) is 26.3 Å². The van der Waals surface area contributed by atoms with Crippen molar-refractivity contribution in [1.82, 2.24) is 9.97 Å². The van der Waals surface area contributed by atoms with Crippen molar-refractivity contribution >= 4 is 23.0 Å². The third-order valence-corrected chi connectivity index (χ3v) is 4.97. The largest absolute Gasteiger partial charge is 0.477 e. The Morgan fingerprint density at radius 3 is 2.19 bits per heavy atom. The van der Waals surface area contributed by atoms with E-state index in [4.69, 9.17) is 0 Å². The van der Waals surface area contributed by atoms with Gasteiger partial charge in [0.1, 0.15) is 11.6 Å². The van der Waals surface area contributed by atoms with Gasteiger partial charge in [0, 0.05) is 38.2 Å². The first-order chi connectivity index (χ1) is 15.0. The number of fused-ring (bicyclic) bond motifs is 1. The van der Waals surface area contributed by atoms with E-state index in [2.05, 4.69) is 16.0 Å². The Morgan fingerprint density at radius 1 is 0.812 bits per heavy atom. The molecule has 1 aliphatic heterocycles. The number of rotatable bonds is 3. The van der Waals surface area contributed by atoms with E-state index in [-0.39, 0.29) is 25.7 Å². The number of nitrogens with zero attached hydrogens (tertiary/aromatic N) is 4. The fraction of sp³-hybridized carbons (Fsp3) is 0.0417. The summed E-state index contributed by atoms with van der Waals surface area (Å²) in [5.74, 6) is 1.20. The van der Waals surface area contributed by atoms with Gasteiger partial charge in [-0.3, -0.25) is 0 Å². The van der Waals surface area contributed by atoms with E-state index < -0.39 is 11.7 Å². The summed E-state index contributed by atoms with van der Waals surface area (Å²) >= 11 is 0. The maximum atomic E-state index is 13.5. The number of hydrogen-bond donors (Lipinski definition) is 0. The van der Waals surface area contributed by atoms with Crippen molar-refractivity contribution in [2.24, 2.45) is 0 Å². The third kappa shape index (κ3) is 3.99. The molecule has 1 aliphatic rings. The molecule has 2 heterocycles. The molecule has 0 bridgehead atoms. The average Bonchev–Trinajstić information content (AvgIpc) is 3.19. The zero-order valence-electron chi connectivity index (χ0n) is 16.4. The zero-order valence-corrected chi connectivity index (χ0v) is 18.8. The summed E-state index contributed by atoms with van der Waals surface area (Å²) in [7, 11) is 0. The Morgan fingerprint density at radius 2 is 1.47 bits per heavy atom. The minimum Gasteiger partial charge on any atom is -0.477 e. The monoisotopic (exact) mass is 609 g/mol. The van der Waals surface area contributed by atoms with Crippen molar-refractivity contribution < 1.29 is 33.3 Å². The molecule has 0 amide bonds. The first-order valence-corrected chi connectivity index (χ1v) is 9.50. The van der Waals surface area contributed by atoms with Crippen LogP contribution < -0.4 is 9.80 Å². The van der Waals surface area contributed by atoms with E-state index in [0.717, 1.165) is 11.8 Å². The predicted octanol–water partition coefficient (Wildman–Crippen LogP) is 6.37. The molecule has 0 unspecified atom stereocenters. The average molecular weight is 609 g/mol. The van der Waals surface area contributed by atoms with E-state index in [1.54, 1.807) is 41.6 Å². The fourth-order valence-corrected chi connectivity index (χ4v) is 3.58. The van der Waals surface area contributed by atoms with E-state index in [1.807, 2.05) is 41.9 Å². The summed E-state index contributed by atoms with van der Waals surface area (Å²) in [4.78, 5) is 12.5. The van der Waals surface area contributed by atoms with Crippen molar-refractivity contribution in [1.29, 1.82) is 0 Å². The van der Waals surface area contributed by atoms with Gasteiger partial charge in [0.2, 0.25) is 0 Å². The second-order valence-electron chi connectivity index (χ2n) is 6.90. The second-order valence-corrected chi connectivity index (χ2v) is 6.90. The van der Waals surface area contributed by atoms with Crippen LogP contribution in [0.15, 0.2) is 85.2 Å².